The number of amides is 1. The molecule has 2 aromatic carbocycles. The highest BCUT2D eigenvalue weighted by Gasteiger charge is 2.34. The summed E-state index contributed by atoms with van der Waals surface area (Å²) in [5, 5.41) is 19.6. The summed E-state index contributed by atoms with van der Waals surface area (Å²) < 4.78 is 14.9. The Kier molecular flexibility index (Phi) is 4.77. The zero-order valence-corrected chi connectivity index (χ0v) is 15.7. The van der Waals surface area contributed by atoms with E-state index in [0.29, 0.717) is 32.5 Å². The van der Waals surface area contributed by atoms with Gasteiger partial charge in [0.05, 0.1) is 23.9 Å². The molecule has 1 aliphatic heterocycles. The predicted molar refractivity (Wildman–Crippen MR) is 106 cm³/mol. The van der Waals surface area contributed by atoms with Gasteiger partial charge >= 0.3 is 0 Å². The molecule has 2 heterocycles. The highest BCUT2D eigenvalue weighted by molar-refractivity contribution is 5.83. The molecule has 1 aliphatic rings. The molecule has 7 heteroatoms. The van der Waals surface area contributed by atoms with Gasteiger partial charge in [0.25, 0.3) is 0 Å². The highest BCUT2D eigenvalue weighted by atomic mass is 19.1. The summed E-state index contributed by atoms with van der Waals surface area (Å²) in [5.41, 5.74) is 1.76. The highest BCUT2D eigenvalue weighted by Crippen LogP contribution is 2.27. The normalized spacial score (nSPS) is 16.3. The molecule has 0 saturated carbocycles. The Morgan fingerprint density at radius 1 is 1.18 bits per heavy atom. The number of rotatable bonds is 4. The number of aromatic nitrogens is 2. The van der Waals surface area contributed by atoms with E-state index < -0.39 is 5.60 Å². The first-order valence-electron chi connectivity index (χ1n) is 9.38. The first-order valence-corrected chi connectivity index (χ1v) is 9.38. The number of carbonyl (C=O) groups excluding carboxylic acids is 1. The van der Waals surface area contributed by atoms with Gasteiger partial charge in [0.2, 0.25) is 5.91 Å². The van der Waals surface area contributed by atoms with E-state index >= 15 is 0 Å². The van der Waals surface area contributed by atoms with Crippen molar-refractivity contribution in [3.63, 3.8) is 0 Å². The maximum atomic E-state index is 13.0. The van der Waals surface area contributed by atoms with E-state index in [2.05, 4.69) is 10.4 Å². The Hall–Kier alpha value is -2.93. The van der Waals surface area contributed by atoms with Crippen LogP contribution in [0.3, 0.4) is 0 Å². The smallest absolute Gasteiger partial charge is 0.219 e. The molecule has 6 nitrogen and oxygen atoms in total. The van der Waals surface area contributed by atoms with Crippen molar-refractivity contribution >= 4 is 28.2 Å². The lowest BCUT2D eigenvalue weighted by molar-refractivity contribution is -0.133. The lowest BCUT2D eigenvalue weighted by atomic mass is 9.91. The van der Waals surface area contributed by atoms with Crippen molar-refractivity contribution in [3.8, 4) is 0 Å². The lowest BCUT2D eigenvalue weighted by Crippen LogP contribution is -2.48. The fourth-order valence-electron chi connectivity index (χ4n) is 3.67. The lowest BCUT2D eigenvalue weighted by Gasteiger charge is -2.37. The number of fused-ring (bicyclic) bond motifs is 1. The Morgan fingerprint density at radius 3 is 2.54 bits per heavy atom. The van der Waals surface area contributed by atoms with Crippen molar-refractivity contribution in [2.75, 3.05) is 18.4 Å². The van der Waals surface area contributed by atoms with Crippen molar-refractivity contribution in [2.45, 2.75) is 31.9 Å². The van der Waals surface area contributed by atoms with E-state index in [4.69, 9.17) is 0 Å². The second-order valence-corrected chi connectivity index (χ2v) is 7.44. The van der Waals surface area contributed by atoms with Crippen LogP contribution in [-0.4, -0.2) is 44.4 Å². The van der Waals surface area contributed by atoms with Crippen LogP contribution in [-0.2, 0) is 11.3 Å². The van der Waals surface area contributed by atoms with E-state index in [0.717, 1.165) is 22.3 Å². The number of aliphatic hydroxyl groups is 1. The molecule has 1 aromatic heterocycles. The number of benzene rings is 2. The monoisotopic (exact) mass is 382 g/mol. The van der Waals surface area contributed by atoms with Crippen LogP contribution in [0.5, 0.6) is 0 Å². The molecule has 0 bridgehead atoms. The number of likely N-dealkylation sites (tertiary alicyclic amines) is 1. The van der Waals surface area contributed by atoms with Gasteiger partial charge in [-0.25, -0.2) is 4.39 Å². The van der Waals surface area contributed by atoms with Gasteiger partial charge in [-0.15, -0.1) is 0 Å². The molecular weight excluding hydrogens is 359 g/mol. The fourth-order valence-corrected chi connectivity index (χ4v) is 3.67. The maximum Gasteiger partial charge on any atom is 0.219 e. The average molecular weight is 382 g/mol. The van der Waals surface area contributed by atoms with E-state index in [-0.39, 0.29) is 11.7 Å². The summed E-state index contributed by atoms with van der Waals surface area (Å²) in [7, 11) is 0. The maximum absolute atomic E-state index is 13.0. The third kappa shape index (κ3) is 3.84. The minimum atomic E-state index is -0.865. The third-order valence-corrected chi connectivity index (χ3v) is 5.36. The van der Waals surface area contributed by atoms with Crippen molar-refractivity contribution < 1.29 is 14.3 Å². The Bertz CT molecular complexity index is 991. The summed E-state index contributed by atoms with van der Waals surface area (Å²) in [6.07, 6.45) is 2.86. The van der Waals surface area contributed by atoms with Crippen molar-refractivity contribution in [3.05, 3.63) is 54.5 Å². The molecule has 0 spiro atoms. The van der Waals surface area contributed by atoms with Crippen LogP contribution in [0.4, 0.5) is 15.8 Å². The Morgan fingerprint density at radius 2 is 1.86 bits per heavy atom. The predicted octanol–water partition coefficient (Wildman–Crippen LogP) is 3.29. The molecule has 1 fully saturated rings. The topological polar surface area (TPSA) is 70.4 Å². The minimum Gasteiger partial charge on any atom is -0.388 e. The number of halogens is 1. The Balaban J connectivity index is 1.49. The molecule has 0 unspecified atom stereocenters. The van der Waals surface area contributed by atoms with Gasteiger partial charge in [0.15, 0.2) is 0 Å². The number of hydrogen-bond donors (Lipinski definition) is 2. The van der Waals surface area contributed by atoms with Crippen LogP contribution in [0.25, 0.3) is 10.9 Å². The summed E-state index contributed by atoms with van der Waals surface area (Å²) in [5.74, 6) is -0.220. The molecule has 0 radical (unpaired) electrons. The van der Waals surface area contributed by atoms with E-state index in [1.165, 1.54) is 12.1 Å². The first-order chi connectivity index (χ1) is 13.4. The van der Waals surface area contributed by atoms with E-state index in [1.54, 1.807) is 30.2 Å². The van der Waals surface area contributed by atoms with Crippen LogP contribution < -0.4 is 5.32 Å². The number of piperidine rings is 1. The number of hydrogen-bond acceptors (Lipinski definition) is 4. The molecule has 3 aromatic rings. The van der Waals surface area contributed by atoms with Gasteiger partial charge in [-0.1, -0.05) is 0 Å². The zero-order chi connectivity index (χ0) is 19.7. The van der Waals surface area contributed by atoms with Gasteiger partial charge in [-0.2, -0.15) is 5.10 Å². The Labute approximate surface area is 162 Å². The van der Waals surface area contributed by atoms with Crippen LogP contribution in [0.1, 0.15) is 19.8 Å². The van der Waals surface area contributed by atoms with Gasteiger partial charge in [-0.05, 0) is 55.3 Å². The molecule has 146 valence electrons. The molecule has 4 rings (SSSR count). The molecule has 0 aliphatic carbocycles. The van der Waals surface area contributed by atoms with Gasteiger partial charge in [0.1, 0.15) is 5.82 Å². The molecule has 0 atom stereocenters. The number of carbonyl (C=O) groups is 1. The number of nitrogens with one attached hydrogen (secondary N) is 1. The van der Waals surface area contributed by atoms with Crippen molar-refractivity contribution in [1.82, 2.24) is 14.7 Å². The summed E-state index contributed by atoms with van der Waals surface area (Å²) in [4.78, 5) is 13.3. The SMILES string of the molecule is CC(=O)N1CCC(O)(Cn2ncc3cc(Nc4ccc(F)cc4)ccc32)CC1. The summed E-state index contributed by atoms with van der Waals surface area (Å²) in [6, 6.07) is 12.1. The van der Waals surface area contributed by atoms with E-state index in [9.17, 15) is 14.3 Å². The molecular formula is C21H23FN4O2. The summed E-state index contributed by atoms with van der Waals surface area (Å²) in [6.45, 7) is 3.09. The molecule has 1 saturated heterocycles. The molecule has 28 heavy (non-hydrogen) atoms. The second kappa shape index (κ2) is 7.24. The van der Waals surface area contributed by atoms with Gasteiger partial charge in [0, 0.05) is 36.8 Å². The van der Waals surface area contributed by atoms with Crippen molar-refractivity contribution in [2.24, 2.45) is 0 Å². The summed E-state index contributed by atoms with van der Waals surface area (Å²) >= 11 is 0. The van der Waals surface area contributed by atoms with Gasteiger partial charge in [-0.3, -0.25) is 9.48 Å². The standard InChI is InChI=1S/C21H23FN4O2/c1-15(27)25-10-8-21(28,9-11-25)14-26-20-7-6-19(12-16(20)13-23-26)24-18-4-2-17(22)3-5-18/h2-7,12-13,24,28H,8-11,14H2,1H3. The minimum absolute atomic E-state index is 0.0489. The molecule has 2 N–H and O–H groups in total. The third-order valence-electron chi connectivity index (χ3n) is 5.36. The number of nitrogens with zero attached hydrogens (tertiary/aromatic N) is 3. The average Bonchev–Trinajstić information content (AvgIpc) is 3.05. The molecule has 1 amide bonds. The largest absolute Gasteiger partial charge is 0.388 e. The quantitative estimate of drug-likeness (QED) is 0.726. The number of anilines is 2. The first kappa shape index (κ1) is 18.4. The van der Waals surface area contributed by atoms with Crippen LogP contribution in [0.15, 0.2) is 48.7 Å². The second-order valence-electron chi connectivity index (χ2n) is 7.44. The zero-order valence-electron chi connectivity index (χ0n) is 15.7. The van der Waals surface area contributed by atoms with E-state index in [1.807, 2.05) is 22.9 Å². The van der Waals surface area contributed by atoms with Crippen LogP contribution in [0, 0.1) is 5.82 Å². The van der Waals surface area contributed by atoms with Crippen molar-refractivity contribution in [1.29, 1.82) is 0 Å². The fraction of sp³-hybridized carbons (Fsp3) is 0.333. The van der Waals surface area contributed by atoms with Gasteiger partial charge < -0.3 is 15.3 Å². The van der Waals surface area contributed by atoms with Crippen LogP contribution in [0.2, 0.25) is 0 Å². The van der Waals surface area contributed by atoms with Crippen LogP contribution >= 0.6 is 0 Å².